The van der Waals surface area contributed by atoms with Crippen LogP contribution < -0.4 is 9.62 Å². The third kappa shape index (κ3) is 2.83. The number of nitrogens with zero attached hydrogens (tertiary/aromatic N) is 3. The molecule has 154 valence electrons. The second kappa shape index (κ2) is 6.71. The number of nitrogens with one attached hydrogen (secondary N) is 1. The van der Waals surface area contributed by atoms with Crippen molar-refractivity contribution in [3.63, 3.8) is 0 Å². The molecule has 1 aromatic carbocycles. The molecule has 3 aliphatic heterocycles. The number of benzene rings is 1. The first-order chi connectivity index (χ1) is 14.4. The van der Waals surface area contributed by atoms with Gasteiger partial charge < -0.3 is 4.90 Å². The van der Waals surface area contributed by atoms with E-state index in [0.29, 0.717) is 25.8 Å². The fraction of sp³-hybridized carbons (Fsp3) is 0.300. The molecule has 0 spiro atoms. The number of hydrogen-bond donors (Lipinski definition) is 1. The summed E-state index contributed by atoms with van der Waals surface area (Å²) in [6.07, 6.45) is 2.95. The number of sulfonamides is 1. The quantitative estimate of drug-likeness (QED) is 0.696. The van der Waals surface area contributed by atoms with Crippen LogP contribution in [0.1, 0.15) is 38.4 Å². The van der Waals surface area contributed by atoms with Crippen molar-refractivity contribution in [2.45, 2.75) is 24.2 Å². The van der Waals surface area contributed by atoms with Crippen LogP contribution in [0.15, 0.2) is 35.4 Å². The lowest BCUT2D eigenvalue weighted by atomic mass is 10.00. The van der Waals surface area contributed by atoms with E-state index in [9.17, 15) is 22.8 Å². The highest BCUT2D eigenvalue weighted by Gasteiger charge is 2.37. The highest BCUT2D eigenvalue weighted by molar-refractivity contribution is 7.89. The number of amides is 3. The zero-order valence-corrected chi connectivity index (χ0v) is 16.7. The number of carbonyl (C=O) groups excluding carboxylic acids is 3. The standard InChI is InChI=1S/C20H18N4O5S/c25-16-4-3-12-10-14(11-13-5-8-23(16)18(12)13)30(28,29)22-7-9-24-19(26)15-2-1-6-21-17(15)20(24)27/h1-2,6,10-11,22H,3-5,7-9H2. The molecular formula is C20H18N4O5S. The van der Waals surface area contributed by atoms with E-state index in [0.717, 1.165) is 21.7 Å². The maximum absolute atomic E-state index is 12.8. The minimum Gasteiger partial charge on any atom is -0.312 e. The molecule has 0 atom stereocenters. The van der Waals surface area contributed by atoms with Gasteiger partial charge in [0.15, 0.2) is 0 Å². The Balaban J connectivity index is 1.32. The number of pyridine rings is 1. The van der Waals surface area contributed by atoms with Crippen molar-refractivity contribution in [3.05, 3.63) is 52.8 Å². The predicted molar refractivity (Wildman–Crippen MR) is 106 cm³/mol. The van der Waals surface area contributed by atoms with Crippen LogP contribution >= 0.6 is 0 Å². The maximum atomic E-state index is 12.8. The van der Waals surface area contributed by atoms with Crippen LogP contribution in [0, 0.1) is 0 Å². The molecule has 0 radical (unpaired) electrons. The molecule has 0 aliphatic carbocycles. The number of anilines is 1. The summed E-state index contributed by atoms with van der Waals surface area (Å²) in [6, 6.07) is 6.31. The van der Waals surface area contributed by atoms with E-state index in [1.165, 1.54) is 12.3 Å². The molecule has 3 aliphatic rings. The Morgan fingerprint density at radius 1 is 1.03 bits per heavy atom. The first kappa shape index (κ1) is 18.9. The van der Waals surface area contributed by atoms with E-state index in [-0.39, 0.29) is 35.1 Å². The molecule has 1 N–H and O–H groups in total. The highest BCUT2D eigenvalue weighted by Crippen LogP contribution is 2.38. The molecule has 10 heteroatoms. The van der Waals surface area contributed by atoms with Gasteiger partial charge in [-0.05, 0) is 48.2 Å². The normalized spacial score (nSPS) is 17.5. The third-order valence-electron chi connectivity index (χ3n) is 5.69. The Labute approximate surface area is 172 Å². The van der Waals surface area contributed by atoms with Crippen LogP contribution in [0.4, 0.5) is 5.69 Å². The number of rotatable bonds is 5. The van der Waals surface area contributed by atoms with Crippen molar-refractivity contribution in [2.75, 3.05) is 24.5 Å². The summed E-state index contributed by atoms with van der Waals surface area (Å²) in [7, 11) is -3.83. The van der Waals surface area contributed by atoms with Crippen LogP contribution in [0.3, 0.4) is 0 Å². The van der Waals surface area contributed by atoms with Crippen LogP contribution in [0.2, 0.25) is 0 Å². The summed E-state index contributed by atoms with van der Waals surface area (Å²) >= 11 is 0. The Morgan fingerprint density at radius 2 is 1.80 bits per heavy atom. The summed E-state index contributed by atoms with van der Waals surface area (Å²) in [4.78, 5) is 43.5. The van der Waals surface area contributed by atoms with Gasteiger partial charge in [-0.1, -0.05) is 0 Å². The lowest BCUT2D eigenvalue weighted by molar-refractivity contribution is -0.118. The summed E-state index contributed by atoms with van der Waals surface area (Å²) in [5, 5.41) is 0. The fourth-order valence-corrected chi connectivity index (χ4v) is 5.39. The van der Waals surface area contributed by atoms with Crippen molar-refractivity contribution in [2.24, 2.45) is 0 Å². The zero-order chi connectivity index (χ0) is 21.0. The Bertz CT molecular complexity index is 1190. The van der Waals surface area contributed by atoms with E-state index >= 15 is 0 Å². The van der Waals surface area contributed by atoms with Gasteiger partial charge in [0.2, 0.25) is 15.9 Å². The summed E-state index contributed by atoms with van der Waals surface area (Å²) in [5.74, 6) is -0.930. The monoisotopic (exact) mass is 426 g/mol. The number of imide groups is 1. The molecule has 9 nitrogen and oxygen atoms in total. The van der Waals surface area contributed by atoms with Gasteiger partial charge in [0.05, 0.1) is 16.1 Å². The molecule has 0 saturated carbocycles. The van der Waals surface area contributed by atoms with Crippen LogP contribution in [0.25, 0.3) is 0 Å². The molecule has 3 amide bonds. The van der Waals surface area contributed by atoms with Crippen molar-refractivity contribution in [3.8, 4) is 0 Å². The van der Waals surface area contributed by atoms with E-state index < -0.39 is 21.8 Å². The van der Waals surface area contributed by atoms with Crippen molar-refractivity contribution < 1.29 is 22.8 Å². The smallest absolute Gasteiger partial charge is 0.280 e. The Kier molecular flexibility index (Phi) is 4.23. The number of aryl methyl sites for hydroxylation is 1. The van der Waals surface area contributed by atoms with Gasteiger partial charge in [-0.25, -0.2) is 13.1 Å². The molecule has 0 unspecified atom stereocenters. The van der Waals surface area contributed by atoms with Gasteiger partial charge in [0.25, 0.3) is 11.8 Å². The van der Waals surface area contributed by atoms with Gasteiger partial charge in [0.1, 0.15) is 5.69 Å². The average molecular weight is 426 g/mol. The average Bonchev–Trinajstić information content (AvgIpc) is 3.27. The first-order valence-electron chi connectivity index (χ1n) is 9.64. The van der Waals surface area contributed by atoms with Crippen molar-refractivity contribution >= 4 is 33.4 Å². The Hall–Kier alpha value is -3.11. The zero-order valence-electron chi connectivity index (χ0n) is 15.9. The van der Waals surface area contributed by atoms with Gasteiger partial charge in [-0.2, -0.15) is 0 Å². The number of hydrogen-bond acceptors (Lipinski definition) is 6. The van der Waals surface area contributed by atoms with Gasteiger partial charge >= 0.3 is 0 Å². The number of aromatic nitrogens is 1. The van der Waals surface area contributed by atoms with E-state index in [4.69, 9.17) is 0 Å². The predicted octanol–water partition coefficient (Wildman–Crippen LogP) is 0.491. The molecule has 1 aromatic heterocycles. The maximum Gasteiger partial charge on any atom is 0.280 e. The molecule has 5 rings (SSSR count). The van der Waals surface area contributed by atoms with E-state index in [1.54, 1.807) is 23.1 Å². The summed E-state index contributed by atoms with van der Waals surface area (Å²) in [6.45, 7) is 0.379. The topological polar surface area (TPSA) is 117 Å². The Morgan fingerprint density at radius 3 is 2.57 bits per heavy atom. The fourth-order valence-electron chi connectivity index (χ4n) is 4.27. The second-order valence-corrected chi connectivity index (χ2v) is 9.21. The minimum atomic E-state index is -3.83. The molecule has 0 saturated heterocycles. The van der Waals surface area contributed by atoms with E-state index in [2.05, 4.69) is 9.71 Å². The minimum absolute atomic E-state index is 0.0745. The molecule has 0 fully saturated rings. The van der Waals surface area contributed by atoms with Crippen LogP contribution in [-0.4, -0.2) is 55.7 Å². The van der Waals surface area contributed by atoms with Crippen LogP contribution in [0.5, 0.6) is 0 Å². The molecule has 4 heterocycles. The van der Waals surface area contributed by atoms with E-state index in [1.807, 2.05) is 0 Å². The number of carbonyl (C=O) groups is 3. The van der Waals surface area contributed by atoms with Crippen LogP contribution in [-0.2, 0) is 27.7 Å². The molecular weight excluding hydrogens is 408 g/mol. The molecule has 2 aromatic rings. The van der Waals surface area contributed by atoms with Gasteiger partial charge in [-0.3, -0.25) is 24.3 Å². The lowest BCUT2D eigenvalue weighted by Gasteiger charge is -2.25. The summed E-state index contributed by atoms with van der Waals surface area (Å²) in [5.41, 5.74) is 2.87. The highest BCUT2D eigenvalue weighted by atomic mass is 32.2. The van der Waals surface area contributed by atoms with Gasteiger partial charge in [-0.15, -0.1) is 0 Å². The largest absolute Gasteiger partial charge is 0.312 e. The second-order valence-electron chi connectivity index (χ2n) is 7.44. The lowest BCUT2D eigenvalue weighted by Crippen LogP contribution is -2.38. The number of fused-ring (bicyclic) bond motifs is 1. The summed E-state index contributed by atoms with van der Waals surface area (Å²) < 4.78 is 28.1. The third-order valence-corrected chi connectivity index (χ3v) is 7.13. The molecule has 0 bridgehead atoms. The first-order valence-corrected chi connectivity index (χ1v) is 11.1. The van der Waals surface area contributed by atoms with Crippen molar-refractivity contribution in [1.29, 1.82) is 0 Å². The van der Waals surface area contributed by atoms with Gasteiger partial charge in [0, 0.05) is 32.3 Å². The SMILES string of the molecule is O=C1c2cccnc2C(=O)N1CCNS(=O)(=O)c1cc2c3c(c1)CCN3C(=O)CC2. The molecule has 30 heavy (non-hydrogen) atoms. The van der Waals surface area contributed by atoms with Crippen molar-refractivity contribution in [1.82, 2.24) is 14.6 Å².